The maximum Gasteiger partial charge on any atom is 0.330 e. The first-order chi connectivity index (χ1) is 15.6. The van der Waals surface area contributed by atoms with Crippen LogP contribution in [0.15, 0.2) is 42.7 Å². The molecular weight excluding hydrogens is 412 g/mol. The van der Waals surface area contributed by atoms with E-state index in [0.29, 0.717) is 46.4 Å². The number of ether oxygens (including phenoxy) is 5. The van der Waals surface area contributed by atoms with Crippen LogP contribution in [0.3, 0.4) is 0 Å². The highest BCUT2D eigenvalue weighted by atomic mass is 16.5. The topological polar surface area (TPSA) is 89.0 Å². The summed E-state index contributed by atoms with van der Waals surface area (Å²) in [6, 6.07) is 8.83. The molecule has 3 rings (SSSR count). The monoisotopic (exact) mass is 438 g/mol. The molecule has 8 nitrogen and oxygen atoms in total. The summed E-state index contributed by atoms with van der Waals surface area (Å²) in [4.78, 5) is 20.3. The van der Waals surface area contributed by atoms with Gasteiger partial charge in [0.05, 0.1) is 38.8 Å². The number of nitrogens with zero attached hydrogens (tertiary/aromatic N) is 2. The minimum Gasteiger partial charge on any atom is -0.493 e. The molecule has 1 heterocycles. The van der Waals surface area contributed by atoms with E-state index in [1.807, 2.05) is 6.92 Å². The van der Waals surface area contributed by atoms with Crippen LogP contribution in [0, 0.1) is 0 Å². The zero-order chi connectivity index (χ0) is 22.9. The first kappa shape index (κ1) is 22.9. The summed E-state index contributed by atoms with van der Waals surface area (Å²) in [6.45, 7) is 2.45. The molecule has 0 N–H and O–H groups in total. The summed E-state index contributed by atoms with van der Waals surface area (Å²) < 4.78 is 27.4. The Kier molecular flexibility index (Phi) is 7.85. The summed E-state index contributed by atoms with van der Waals surface area (Å²) in [6.07, 6.45) is 6.28. The van der Waals surface area contributed by atoms with Gasteiger partial charge in [-0.15, -0.1) is 0 Å². The van der Waals surface area contributed by atoms with Gasteiger partial charge in [0, 0.05) is 12.1 Å². The van der Waals surface area contributed by atoms with Gasteiger partial charge < -0.3 is 23.7 Å². The molecule has 0 amide bonds. The maximum atomic E-state index is 11.8. The van der Waals surface area contributed by atoms with Gasteiger partial charge in [-0.25, -0.2) is 14.8 Å². The van der Waals surface area contributed by atoms with E-state index in [4.69, 9.17) is 23.7 Å². The van der Waals surface area contributed by atoms with Gasteiger partial charge >= 0.3 is 5.97 Å². The molecule has 2 aromatic carbocycles. The van der Waals surface area contributed by atoms with Crippen LogP contribution in [0.25, 0.3) is 17.0 Å². The SMILES string of the molecule is CCCCOC(=O)C=Cc1ccc(Oc2ncnc3cc(OC)c(OC)cc23)c(OC)c1. The van der Waals surface area contributed by atoms with Crippen molar-refractivity contribution in [3.05, 3.63) is 48.3 Å². The Bertz CT molecular complexity index is 1110. The quantitative estimate of drug-likeness (QED) is 0.253. The molecule has 0 saturated carbocycles. The molecule has 0 atom stereocenters. The van der Waals surface area contributed by atoms with Gasteiger partial charge in [-0.05, 0) is 36.3 Å². The number of unbranched alkanes of at least 4 members (excludes halogenated alkanes) is 1. The van der Waals surface area contributed by atoms with Crippen molar-refractivity contribution < 1.29 is 28.5 Å². The van der Waals surface area contributed by atoms with Crippen molar-refractivity contribution in [1.29, 1.82) is 0 Å². The average Bonchev–Trinajstić information content (AvgIpc) is 2.82. The number of carbonyl (C=O) groups excluding carboxylic acids is 1. The molecule has 0 saturated heterocycles. The van der Waals surface area contributed by atoms with Crippen LogP contribution >= 0.6 is 0 Å². The number of carbonyl (C=O) groups is 1. The van der Waals surface area contributed by atoms with Crippen LogP contribution in [0.4, 0.5) is 0 Å². The molecule has 0 aliphatic rings. The summed E-state index contributed by atoms with van der Waals surface area (Å²) in [5.41, 5.74) is 1.41. The smallest absolute Gasteiger partial charge is 0.330 e. The van der Waals surface area contributed by atoms with Gasteiger partial charge in [0.1, 0.15) is 6.33 Å². The molecular formula is C24H26N2O6. The van der Waals surface area contributed by atoms with Gasteiger partial charge in [-0.2, -0.15) is 0 Å². The van der Waals surface area contributed by atoms with Crippen molar-refractivity contribution in [3.63, 3.8) is 0 Å². The fourth-order valence-corrected chi connectivity index (χ4v) is 2.95. The lowest BCUT2D eigenvalue weighted by molar-refractivity contribution is -0.137. The Morgan fingerprint density at radius 2 is 1.66 bits per heavy atom. The molecule has 8 heteroatoms. The van der Waals surface area contributed by atoms with Gasteiger partial charge in [0.25, 0.3) is 0 Å². The number of benzene rings is 2. The number of hydrogen-bond donors (Lipinski definition) is 0. The third-order valence-corrected chi connectivity index (χ3v) is 4.65. The van der Waals surface area contributed by atoms with Crippen LogP contribution in [0.5, 0.6) is 28.9 Å². The lowest BCUT2D eigenvalue weighted by Crippen LogP contribution is -2.01. The lowest BCUT2D eigenvalue weighted by Gasteiger charge is -2.13. The Morgan fingerprint density at radius 3 is 2.38 bits per heavy atom. The standard InChI is InChI=1S/C24H26N2O6/c1-5-6-11-31-23(27)10-8-16-7-9-19(20(12-16)28-2)32-24-17-13-21(29-3)22(30-4)14-18(17)25-15-26-24/h7-10,12-15H,5-6,11H2,1-4H3. The van der Waals surface area contributed by atoms with Crippen molar-refractivity contribution in [2.75, 3.05) is 27.9 Å². The fourth-order valence-electron chi connectivity index (χ4n) is 2.95. The zero-order valence-corrected chi connectivity index (χ0v) is 18.6. The van der Waals surface area contributed by atoms with Gasteiger partial charge in [-0.1, -0.05) is 19.4 Å². The summed E-state index contributed by atoms with van der Waals surface area (Å²) in [7, 11) is 4.66. The highest BCUT2D eigenvalue weighted by Gasteiger charge is 2.14. The number of fused-ring (bicyclic) bond motifs is 1. The maximum absolute atomic E-state index is 11.8. The summed E-state index contributed by atoms with van der Waals surface area (Å²) >= 11 is 0. The molecule has 0 aliphatic heterocycles. The number of aromatic nitrogens is 2. The first-order valence-electron chi connectivity index (χ1n) is 10.2. The second-order valence-electron chi connectivity index (χ2n) is 6.77. The van der Waals surface area contributed by atoms with Crippen molar-refractivity contribution in [2.24, 2.45) is 0 Å². The van der Waals surface area contributed by atoms with Gasteiger partial charge in [-0.3, -0.25) is 0 Å². The number of hydrogen-bond acceptors (Lipinski definition) is 8. The van der Waals surface area contributed by atoms with E-state index in [0.717, 1.165) is 18.4 Å². The van der Waals surface area contributed by atoms with E-state index in [2.05, 4.69) is 9.97 Å². The number of esters is 1. The Morgan fingerprint density at radius 1 is 0.938 bits per heavy atom. The minimum absolute atomic E-state index is 0.344. The second-order valence-corrected chi connectivity index (χ2v) is 6.77. The Balaban J connectivity index is 1.85. The number of rotatable bonds is 10. The molecule has 3 aromatic rings. The molecule has 0 spiro atoms. The van der Waals surface area contributed by atoms with E-state index in [1.165, 1.54) is 12.4 Å². The molecule has 32 heavy (non-hydrogen) atoms. The van der Waals surface area contributed by atoms with Crippen molar-refractivity contribution in [3.8, 4) is 28.9 Å². The molecule has 0 radical (unpaired) electrons. The summed E-state index contributed by atoms with van der Waals surface area (Å²) in [5.74, 6) is 2.01. The average molecular weight is 438 g/mol. The first-order valence-corrected chi connectivity index (χ1v) is 10.2. The van der Waals surface area contributed by atoms with E-state index in [9.17, 15) is 4.79 Å². The number of methoxy groups -OCH3 is 3. The molecule has 0 unspecified atom stereocenters. The minimum atomic E-state index is -0.380. The molecule has 168 valence electrons. The van der Waals surface area contributed by atoms with Crippen molar-refractivity contribution in [1.82, 2.24) is 9.97 Å². The van der Waals surface area contributed by atoms with Crippen molar-refractivity contribution >= 4 is 22.9 Å². The third kappa shape index (κ3) is 5.46. The molecule has 0 fully saturated rings. The Labute approximate surface area is 186 Å². The highest BCUT2D eigenvalue weighted by molar-refractivity contribution is 5.88. The van der Waals surface area contributed by atoms with Crippen LogP contribution < -0.4 is 18.9 Å². The van der Waals surface area contributed by atoms with Gasteiger partial charge in [0.2, 0.25) is 5.88 Å². The van der Waals surface area contributed by atoms with Crippen molar-refractivity contribution in [2.45, 2.75) is 19.8 Å². The fraction of sp³-hybridized carbons (Fsp3) is 0.292. The molecule has 1 aromatic heterocycles. The predicted molar refractivity (Wildman–Crippen MR) is 121 cm³/mol. The van der Waals surface area contributed by atoms with Crippen LogP contribution in [0.1, 0.15) is 25.3 Å². The molecule has 0 aliphatic carbocycles. The summed E-state index contributed by atoms with van der Waals surface area (Å²) in [5, 5.41) is 0.658. The van der Waals surface area contributed by atoms with E-state index in [-0.39, 0.29) is 5.97 Å². The third-order valence-electron chi connectivity index (χ3n) is 4.65. The van der Waals surface area contributed by atoms with Gasteiger partial charge in [0.15, 0.2) is 23.0 Å². The zero-order valence-electron chi connectivity index (χ0n) is 18.6. The van der Waals surface area contributed by atoms with Crippen LogP contribution in [0.2, 0.25) is 0 Å². The van der Waals surface area contributed by atoms with E-state index >= 15 is 0 Å². The largest absolute Gasteiger partial charge is 0.493 e. The normalized spacial score (nSPS) is 10.9. The van der Waals surface area contributed by atoms with Crippen LogP contribution in [-0.2, 0) is 9.53 Å². The van der Waals surface area contributed by atoms with E-state index < -0.39 is 0 Å². The highest BCUT2D eigenvalue weighted by Crippen LogP contribution is 2.38. The Hall–Kier alpha value is -3.81. The molecule has 0 bridgehead atoms. The lowest BCUT2D eigenvalue weighted by atomic mass is 10.2. The second kappa shape index (κ2) is 11.0. The van der Waals surface area contributed by atoms with Crippen LogP contribution in [-0.4, -0.2) is 43.9 Å². The van der Waals surface area contributed by atoms with E-state index in [1.54, 1.807) is 57.7 Å². The predicted octanol–water partition coefficient (Wildman–Crippen LogP) is 4.80.